The number of hydrogen-bond acceptors (Lipinski definition) is 7. The van der Waals surface area contributed by atoms with Crippen LogP contribution >= 0.6 is 11.3 Å². The van der Waals surface area contributed by atoms with Crippen LogP contribution in [0.1, 0.15) is 6.92 Å². The highest BCUT2D eigenvalue weighted by Gasteiger charge is 2.15. The summed E-state index contributed by atoms with van der Waals surface area (Å²) < 4.78 is 24.3. The van der Waals surface area contributed by atoms with E-state index in [-0.39, 0.29) is 0 Å². The van der Waals surface area contributed by atoms with E-state index in [1.165, 1.54) is 0 Å². The van der Waals surface area contributed by atoms with Crippen LogP contribution in [-0.4, -0.2) is 63.1 Å². The smallest absolute Gasteiger partial charge is 0.190 e. The molecule has 0 radical (unpaired) electrons. The maximum Gasteiger partial charge on any atom is 0.190 e. The van der Waals surface area contributed by atoms with Gasteiger partial charge in [-0.3, -0.25) is 4.90 Å². The lowest BCUT2D eigenvalue weighted by Crippen LogP contribution is -2.39. The summed E-state index contributed by atoms with van der Waals surface area (Å²) in [5.74, 6) is 2.29. The molecule has 7 nitrogen and oxygen atoms in total. The monoisotopic (exact) mass is 469 g/mol. The van der Waals surface area contributed by atoms with Gasteiger partial charge in [-0.05, 0) is 49.4 Å². The van der Waals surface area contributed by atoms with Gasteiger partial charge in [0, 0.05) is 37.1 Å². The predicted octanol–water partition coefficient (Wildman–Crippen LogP) is 4.20. The molecule has 1 aliphatic heterocycles. The average Bonchev–Trinajstić information content (AvgIpc) is 3.26. The molecule has 0 saturated carbocycles. The summed E-state index contributed by atoms with van der Waals surface area (Å²) in [6.45, 7) is 7.92. The first-order valence-corrected chi connectivity index (χ1v) is 12.1. The summed E-state index contributed by atoms with van der Waals surface area (Å²) in [5.41, 5.74) is 3.08. The Balaban J connectivity index is 1.69. The third-order valence-electron chi connectivity index (χ3n) is 5.59. The Morgan fingerprint density at radius 1 is 0.970 bits per heavy atom. The van der Waals surface area contributed by atoms with Crippen molar-refractivity contribution >= 4 is 17.0 Å². The van der Waals surface area contributed by atoms with Crippen LogP contribution in [0.15, 0.2) is 52.8 Å². The molecular formula is C25H31N3O4S. The van der Waals surface area contributed by atoms with Crippen LogP contribution in [0.4, 0.5) is 5.69 Å². The number of nitrogens with zero attached hydrogens (tertiary/aromatic N) is 3. The summed E-state index contributed by atoms with van der Waals surface area (Å²) in [6, 6.07) is 13.9. The highest BCUT2D eigenvalue weighted by molar-refractivity contribution is 7.07. The minimum Gasteiger partial charge on any atom is -0.494 e. The molecule has 2 heterocycles. The quantitative estimate of drug-likeness (QED) is 0.470. The van der Waals surface area contributed by atoms with Crippen molar-refractivity contribution in [3.05, 3.63) is 52.6 Å². The van der Waals surface area contributed by atoms with Gasteiger partial charge >= 0.3 is 0 Å². The van der Waals surface area contributed by atoms with Crippen LogP contribution in [0.5, 0.6) is 17.2 Å². The van der Waals surface area contributed by atoms with Gasteiger partial charge in [0.25, 0.3) is 0 Å². The Hall–Kier alpha value is -2.81. The molecule has 0 unspecified atom stereocenters. The predicted molar refractivity (Wildman–Crippen MR) is 131 cm³/mol. The van der Waals surface area contributed by atoms with Crippen molar-refractivity contribution in [2.24, 2.45) is 4.99 Å². The van der Waals surface area contributed by atoms with E-state index >= 15 is 0 Å². The third-order valence-corrected chi connectivity index (χ3v) is 6.46. The zero-order valence-electron chi connectivity index (χ0n) is 19.5. The van der Waals surface area contributed by atoms with E-state index in [4.69, 9.17) is 23.9 Å². The Morgan fingerprint density at radius 2 is 1.73 bits per heavy atom. The molecule has 1 aromatic heterocycles. The Morgan fingerprint density at radius 3 is 2.42 bits per heavy atom. The van der Waals surface area contributed by atoms with E-state index in [1.54, 1.807) is 25.6 Å². The molecule has 1 saturated heterocycles. The van der Waals surface area contributed by atoms with E-state index in [0.29, 0.717) is 12.4 Å². The number of benzene rings is 2. The first kappa shape index (κ1) is 23.4. The molecule has 1 fully saturated rings. The second kappa shape index (κ2) is 11.4. The first-order chi connectivity index (χ1) is 16.2. The van der Waals surface area contributed by atoms with Crippen molar-refractivity contribution in [1.82, 2.24) is 9.47 Å². The summed E-state index contributed by atoms with van der Waals surface area (Å²) in [7, 11) is 3.31. The van der Waals surface area contributed by atoms with Gasteiger partial charge in [0.15, 0.2) is 16.3 Å². The molecule has 0 bridgehead atoms. The van der Waals surface area contributed by atoms with Gasteiger partial charge in [-0.15, -0.1) is 11.3 Å². The van der Waals surface area contributed by atoms with Crippen LogP contribution in [0.2, 0.25) is 0 Å². The number of thiazole rings is 1. The molecule has 33 heavy (non-hydrogen) atoms. The van der Waals surface area contributed by atoms with Gasteiger partial charge in [0.1, 0.15) is 5.75 Å². The first-order valence-electron chi connectivity index (χ1n) is 11.2. The van der Waals surface area contributed by atoms with Crippen molar-refractivity contribution in [3.63, 3.8) is 0 Å². The van der Waals surface area contributed by atoms with E-state index in [9.17, 15) is 0 Å². The fraction of sp³-hybridized carbons (Fsp3) is 0.400. The molecule has 1 aliphatic rings. The molecule has 0 amide bonds. The molecule has 3 aromatic rings. The zero-order chi connectivity index (χ0) is 23.0. The van der Waals surface area contributed by atoms with Gasteiger partial charge in [-0.2, -0.15) is 0 Å². The van der Waals surface area contributed by atoms with Crippen molar-refractivity contribution in [2.75, 3.05) is 53.7 Å². The molecule has 8 heteroatoms. The Labute approximate surface area is 198 Å². The fourth-order valence-electron chi connectivity index (χ4n) is 3.82. The fourth-order valence-corrected chi connectivity index (χ4v) is 4.78. The van der Waals surface area contributed by atoms with Crippen molar-refractivity contribution in [2.45, 2.75) is 13.5 Å². The lowest BCUT2D eigenvalue weighted by molar-refractivity contribution is 0.0363. The third kappa shape index (κ3) is 5.76. The molecule has 0 atom stereocenters. The summed E-state index contributed by atoms with van der Waals surface area (Å²) in [6.07, 6.45) is 0. The number of hydrogen-bond donors (Lipinski definition) is 0. The maximum absolute atomic E-state index is 5.56. The average molecular weight is 470 g/mol. The minimum absolute atomic E-state index is 0.650. The van der Waals surface area contributed by atoms with Crippen molar-refractivity contribution < 1.29 is 18.9 Å². The zero-order valence-corrected chi connectivity index (χ0v) is 20.3. The topological polar surface area (TPSA) is 57.5 Å². The van der Waals surface area contributed by atoms with Crippen molar-refractivity contribution in [3.8, 4) is 28.5 Å². The second-order valence-corrected chi connectivity index (χ2v) is 8.45. The van der Waals surface area contributed by atoms with E-state index < -0.39 is 0 Å². The van der Waals surface area contributed by atoms with Crippen LogP contribution in [0, 0.1) is 0 Å². The molecule has 0 aliphatic carbocycles. The van der Waals surface area contributed by atoms with Crippen LogP contribution in [-0.2, 0) is 11.3 Å². The molecular weight excluding hydrogens is 438 g/mol. The number of aromatic nitrogens is 1. The molecule has 176 valence electrons. The number of methoxy groups -OCH3 is 2. The molecule has 0 spiro atoms. The van der Waals surface area contributed by atoms with Gasteiger partial charge in [-0.25, -0.2) is 4.99 Å². The van der Waals surface area contributed by atoms with Crippen LogP contribution in [0.3, 0.4) is 0 Å². The van der Waals surface area contributed by atoms with Crippen LogP contribution < -0.4 is 19.0 Å². The van der Waals surface area contributed by atoms with Gasteiger partial charge in [0.2, 0.25) is 0 Å². The van der Waals surface area contributed by atoms with Crippen molar-refractivity contribution in [1.29, 1.82) is 0 Å². The standard InChI is InChI=1S/C25H31N3O4S/c1-4-32-21-8-6-20(7-9-21)26-25-28(12-11-27-13-15-31-16-14-27)22(18-33-25)19-5-10-23(29-2)24(17-19)30-3/h5-10,17-18H,4,11-16H2,1-3H3. The molecule has 0 N–H and O–H groups in total. The lowest BCUT2D eigenvalue weighted by atomic mass is 10.1. The minimum atomic E-state index is 0.650. The normalized spacial score (nSPS) is 14.9. The Kier molecular flexibility index (Phi) is 8.04. The van der Waals surface area contributed by atoms with Gasteiger partial charge < -0.3 is 23.5 Å². The Bertz CT molecular complexity index is 1100. The van der Waals surface area contributed by atoms with E-state index in [1.807, 2.05) is 43.3 Å². The van der Waals surface area contributed by atoms with Gasteiger partial charge in [-0.1, -0.05) is 0 Å². The summed E-state index contributed by atoms with van der Waals surface area (Å²) in [4.78, 5) is 8.35. The largest absolute Gasteiger partial charge is 0.494 e. The van der Waals surface area contributed by atoms with Crippen LogP contribution in [0.25, 0.3) is 11.3 Å². The SMILES string of the molecule is CCOc1ccc(N=c2scc(-c3ccc(OC)c(OC)c3)n2CCN2CCOCC2)cc1. The molecule has 4 rings (SSSR count). The number of morpholine rings is 1. The maximum atomic E-state index is 5.56. The highest BCUT2D eigenvalue weighted by Crippen LogP contribution is 2.32. The number of ether oxygens (including phenoxy) is 4. The summed E-state index contributed by atoms with van der Waals surface area (Å²) in [5, 5.41) is 2.16. The van der Waals surface area contributed by atoms with Gasteiger partial charge in [0.05, 0.1) is 45.4 Å². The molecule has 2 aromatic carbocycles. The second-order valence-electron chi connectivity index (χ2n) is 7.62. The summed E-state index contributed by atoms with van der Waals surface area (Å²) >= 11 is 1.64. The number of rotatable bonds is 9. The van der Waals surface area contributed by atoms with E-state index in [2.05, 4.69) is 20.9 Å². The van der Waals surface area contributed by atoms with E-state index in [0.717, 1.165) is 72.6 Å². The highest BCUT2D eigenvalue weighted by atomic mass is 32.1. The lowest BCUT2D eigenvalue weighted by Gasteiger charge is -2.26.